The van der Waals surface area contributed by atoms with E-state index in [0.29, 0.717) is 62.4 Å². The number of nitrogens with zero attached hydrogens (tertiary/aromatic N) is 4. The number of hydrogen-bond acceptors (Lipinski definition) is 5. The first-order valence-electron chi connectivity index (χ1n) is 10.00. The Hall–Kier alpha value is -2.44. The first-order chi connectivity index (χ1) is 13.4. The Labute approximate surface area is 165 Å². The van der Waals surface area contributed by atoms with Crippen LogP contribution in [-0.4, -0.2) is 47.2 Å². The summed E-state index contributed by atoms with van der Waals surface area (Å²) in [6.45, 7) is 10.6. The van der Waals surface area contributed by atoms with Crippen molar-refractivity contribution in [2.45, 2.75) is 46.5 Å². The number of piperazine rings is 1. The van der Waals surface area contributed by atoms with Crippen molar-refractivity contribution in [3.8, 4) is 0 Å². The molecule has 0 spiro atoms. The number of aryl methyl sites for hydroxylation is 2. The molecular weight excluding hydrogens is 359 g/mol. The van der Waals surface area contributed by atoms with E-state index in [9.17, 15) is 9.18 Å². The van der Waals surface area contributed by atoms with E-state index in [0.717, 1.165) is 5.56 Å². The monoisotopic (exact) mass is 388 g/mol. The molecule has 1 aliphatic heterocycles. The molecule has 28 heavy (non-hydrogen) atoms. The van der Waals surface area contributed by atoms with Gasteiger partial charge in [-0.1, -0.05) is 38.0 Å². The van der Waals surface area contributed by atoms with E-state index >= 15 is 0 Å². The van der Waals surface area contributed by atoms with E-state index < -0.39 is 0 Å². The van der Waals surface area contributed by atoms with E-state index in [2.05, 4.69) is 24.0 Å². The Morgan fingerprint density at radius 1 is 1.21 bits per heavy atom. The lowest BCUT2D eigenvalue weighted by Gasteiger charge is -2.35. The molecule has 1 fully saturated rings. The van der Waals surface area contributed by atoms with Crippen molar-refractivity contribution < 1.29 is 13.6 Å². The van der Waals surface area contributed by atoms with Gasteiger partial charge in [0.1, 0.15) is 5.82 Å². The lowest BCUT2D eigenvalue weighted by molar-refractivity contribution is -0.132. The van der Waals surface area contributed by atoms with Gasteiger partial charge in [-0.2, -0.15) is 0 Å². The van der Waals surface area contributed by atoms with Crippen molar-refractivity contribution >= 4 is 11.9 Å². The number of halogens is 1. The lowest BCUT2D eigenvalue weighted by Crippen LogP contribution is -2.49. The Balaban J connectivity index is 1.61. The highest BCUT2D eigenvalue weighted by atomic mass is 19.1. The van der Waals surface area contributed by atoms with Gasteiger partial charge in [0.2, 0.25) is 11.8 Å². The Bertz CT molecular complexity index is 812. The van der Waals surface area contributed by atoms with Gasteiger partial charge in [0.25, 0.3) is 0 Å². The predicted molar refractivity (Wildman–Crippen MR) is 106 cm³/mol. The summed E-state index contributed by atoms with van der Waals surface area (Å²) in [6, 6.07) is 5.70. The zero-order valence-corrected chi connectivity index (χ0v) is 17.1. The number of carbonyl (C=O) groups is 1. The number of hydrogen-bond donors (Lipinski definition) is 0. The second kappa shape index (κ2) is 8.71. The molecule has 2 aromatic rings. The third-order valence-corrected chi connectivity index (χ3v) is 5.47. The quantitative estimate of drug-likeness (QED) is 0.757. The minimum atomic E-state index is -0.207. The minimum absolute atomic E-state index is 0.0767. The predicted octanol–water partition coefficient (Wildman–Crippen LogP) is 3.56. The zero-order chi connectivity index (χ0) is 20.3. The van der Waals surface area contributed by atoms with Gasteiger partial charge in [-0.3, -0.25) is 4.79 Å². The molecule has 6 nitrogen and oxygen atoms in total. The maximum Gasteiger partial charge on any atom is 0.318 e. The second-order valence-electron chi connectivity index (χ2n) is 7.76. The van der Waals surface area contributed by atoms with Crippen molar-refractivity contribution in [1.29, 1.82) is 0 Å². The molecule has 1 aromatic heterocycles. The van der Waals surface area contributed by atoms with E-state index in [4.69, 9.17) is 4.42 Å². The summed E-state index contributed by atoms with van der Waals surface area (Å²) in [4.78, 5) is 16.8. The smallest absolute Gasteiger partial charge is 0.318 e. The summed E-state index contributed by atoms with van der Waals surface area (Å²) in [5.74, 6) is 0.928. The molecule has 1 aliphatic rings. The fourth-order valence-corrected chi connectivity index (χ4v) is 3.62. The van der Waals surface area contributed by atoms with Crippen LogP contribution >= 0.6 is 0 Å². The molecule has 1 atom stereocenters. The van der Waals surface area contributed by atoms with Crippen LogP contribution in [0.2, 0.25) is 0 Å². The third kappa shape index (κ3) is 4.51. The van der Waals surface area contributed by atoms with Gasteiger partial charge in [-0.05, 0) is 36.0 Å². The summed E-state index contributed by atoms with van der Waals surface area (Å²) in [6.07, 6.45) is 1.15. The van der Waals surface area contributed by atoms with Crippen molar-refractivity contribution in [3.05, 3.63) is 41.0 Å². The molecule has 1 saturated heterocycles. The summed E-state index contributed by atoms with van der Waals surface area (Å²) >= 11 is 0. The highest BCUT2D eigenvalue weighted by Crippen LogP contribution is 2.30. The SMILES string of the molecule is CCc1nnc(N2CCN(C(=O)CC(c3ccc(F)c(C)c3)C(C)C)CC2)o1. The molecule has 1 unspecified atom stereocenters. The van der Waals surface area contributed by atoms with Gasteiger partial charge in [0.05, 0.1) is 0 Å². The topological polar surface area (TPSA) is 62.5 Å². The summed E-state index contributed by atoms with van der Waals surface area (Å²) in [7, 11) is 0. The third-order valence-electron chi connectivity index (χ3n) is 5.47. The number of benzene rings is 1. The van der Waals surface area contributed by atoms with Gasteiger partial charge < -0.3 is 14.2 Å². The molecule has 3 rings (SSSR count). The van der Waals surface area contributed by atoms with E-state index in [1.807, 2.05) is 22.8 Å². The Morgan fingerprint density at radius 2 is 1.93 bits per heavy atom. The summed E-state index contributed by atoms with van der Waals surface area (Å²) < 4.78 is 19.2. The van der Waals surface area contributed by atoms with Crippen LogP contribution in [0.3, 0.4) is 0 Å². The molecule has 152 valence electrons. The first kappa shape index (κ1) is 20.3. The van der Waals surface area contributed by atoms with Gasteiger partial charge >= 0.3 is 6.01 Å². The number of amides is 1. The normalized spacial score (nSPS) is 15.9. The number of aromatic nitrogens is 2. The van der Waals surface area contributed by atoms with E-state index in [1.54, 1.807) is 13.0 Å². The zero-order valence-electron chi connectivity index (χ0n) is 17.1. The van der Waals surface area contributed by atoms with Crippen LogP contribution < -0.4 is 4.90 Å². The van der Waals surface area contributed by atoms with Gasteiger partial charge in [-0.15, -0.1) is 5.10 Å². The number of rotatable bonds is 6. The van der Waals surface area contributed by atoms with E-state index in [1.165, 1.54) is 6.07 Å². The van der Waals surface area contributed by atoms with Crippen LogP contribution in [0.5, 0.6) is 0 Å². The molecular formula is C21H29FN4O2. The van der Waals surface area contributed by atoms with Gasteiger partial charge in [-0.25, -0.2) is 4.39 Å². The fraction of sp³-hybridized carbons (Fsp3) is 0.571. The largest absolute Gasteiger partial charge is 0.408 e. The molecule has 2 heterocycles. The maximum absolute atomic E-state index is 13.6. The average molecular weight is 388 g/mol. The highest BCUT2D eigenvalue weighted by molar-refractivity contribution is 5.77. The maximum atomic E-state index is 13.6. The van der Waals surface area contributed by atoms with Crippen molar-refractivity contribution in [2.75, 3.05) is 31.1 Å². The molecule has 7 heteroatoms. The summed E-state index contributed by atoms with van der Waals surface area (Å²) in [5.41, 5.74) is 1.65. The standard InChI is InChI=1S/C21H29FN4O2/c1-5-19-23-24-21(28-19)26-10-8-25(9-11-26)20(27)13-17(14(2)3)16-6-7-18(22)15(4)12-16/h6-7,12,14,17H,5,8-11,13H2,1-4H3. The van der Waals surface area contributed by atoms with Gasteiger partial charge in [0, 0.05) is 39.0 Å². The molecule has 0 bridgehead atoms. The van der Waals surface area contributed by atoms with Crippen LogP contribution in [0, 0.1) is 18.7 Å². The Morgan fingerprint density at radius 3 is 2.50 bits per heavy atom. The van der Waals surface area contributed by atoms with Crippen LogP contribution in [0.4, 0.5) is 10.4 Å². The highest BCUT2D eigenvalue weighted by Gasteiger charge is 2.27. The molecule has 1 aromatic carbocycles. The molecule has 0 saturated carbocycles. The molecule has 0 aliphatic carbocycles. The second-order valence-corrected chi connectivity index (χ2v) is 7.76. The van der Waals surface area contributed by atoms with Crippen LogP contribution in [0.15, 0.2) is 22.6 Å². The Kier molecular flexibility index (Phi) is 6.31. The van der Waals surface area contributed by atoms with Crippen LogP contribution in [-0.2, 0) is 11.2 Å². The van der Waals surface area contributed by atoms with Crippen molar-refractivity contribution in [3.63, 3.8) is 0 Å². The molecule has 0 N–H and O–H groups in total. The molecule has 0 radical (unpaired) electrons. The van der Waals surface area contributed by atoms with Crippen molar-refractivity contribution in [1.82, 2.24) is 15.1 Å². The lowest BCUT2D eigenvalue weighted by atomic mass is 9.84. The minimum Gasteiger partial charge on any atom is -0.408 e. The number of carbonyl (C=O) groups excluding carboxylic acids is 1. The summed E-state index contributed by atoms with van der Waals surface area (Å²) in [5, 5.41) is 8.09. The van der Waals surface area contributed by atoms with Crippen molar-refractivity contribution in [2.24, 2.45) is 5.92 Å². The number of anilines is 1. The fourth-order valence-electron chi connectivity index (χ4n) is 3.62. The van der Waals surface area contributed by atoms with Crippen LogP contribution in [0.1, 0.15) is 50.1 Å². The van der Waals surface area contributed by atoms with E-state index in [-0.39, 0.29) is 17.6 Å². The van der Waals surface area contributed by atoms with Crippen LogP contribution in [0.25, 0.3) is 0 Å². The van der Waals surface area contributed by atoms with Gasteiger partial charge in [0.15, 0.2) is 0 Å². The average Bonchev–Trinajstić information content (AvgIpc) is 3.17. The molecule has 1 amide bonds. The first-order valence-corrected chi connectivity index (χ1v) is 10.00.